The largest absolute Gasteiger partial charge is 0.394 e. The van der Waals surface area contributed by atoms with E-state index in [9.17, 15) is 5.11 Å². The monoisotopic (exact) mass is 226 g/mol. The number of nitrogens with one attached hydrogen (secondary N) is 1. The minimum atomic E-state index is -0.0629. The van der Waals surface area contributed by atoms with Crippen LogP contribution in [0, 0.1) is 0 Å². The fraction of sp³-hybridized carbons (Fsp3) is 0.545. The molecule has 1 fully saturated rings. The van der Waals surface area contributed by atoms with E-state index in [1.54, 1.807) is 12.4 Å². The summed E-state index contributed by atoms with van der Waals surface area (Å²) in [6.45, 7) is 0.900. The molecule has 0 saturated heterocycles. The molecule has 0 amide bonds. The van der Waals surface area contributed by atoms with Gasteiger partial charge in [-0.25, -0.2) is 0 Å². The van der Waals surface area contributed by atoms with E-state index in [0.29, 0.717) is 11.6 Å². The van der Waals surface area contributed by atoms with Crippen molar-refractivity contribution in [2.75, 3.05) is 6.61 Å². The molecule has 1 aromatic heterocycles. The summed E-state index contributed by atoms with van der Waals surface area (Å²) in [7, 11) is 0. The van der Waals surface area contributed by atoms with E-state index in [1.807, 2.05) is 6.07 Å². The predicted molar refractivity (Wildman–Crippen MR) is 59.8 cm³/mol. The maximum Gasteiger partial charge on any atom is 0.0634 e. The second kappa shape index (κ2) is 4.47. The lowest BCUT2D eigenvalue weighted by molar-refractivity contribution is 0.0872. The van der Waals surface area contributed by atoms with Gasteiger partial charge in [0.05, 0.1) is 11.6 Å². The average molecular weight is 227 g/mol. The molecule has 4 heteroatoms. The summed E-state index contributed by atoms with van der Waals surface area (Å²) < 4.78 is 0. The highest BCUT2D eigenvalue weighted by atomic mass is 35.5. The van der Waals surface area contributed by atoms with Crippen molar-refractivity contribution in [1.29, 1.82) is 0 Å². The molecule has 0 bridgehead atoms. The Kier molecular flexibility index (Phi) is 3.24. The molecule has 15 heavy (non-hydrogen) atoms. The van der Waals surface area contributed by atoms with Crippen LogP contribution in [-0.4, -0.2) is 22.2 Å². The van der Waals surface area contributed by atoms with Gasteiger partial charge in [-0.05, 0) is 30.9 Å². The molecule has 0 radical (unpaired) electrons. The molecule has 0 spiro atoms. The van der Waals surface area contributed by atoms with Gasteiger partial charge in [0.1, 0.15) is 0 Å². The minimum Gasteiger partial charge on any atom is -0.394 e. The van der Waals surface area contributed by atoms with Crippen LogP contribution in [0.3, 0.4) is 0 Å². The van der Waals surface area contributed by atoms with Crippen LogP contribution in [0.5, 0.6) is 0 Å². The number of pyridine rings is 1. The molecule has 2 N–H and O–H groups in total. The molecule has 1 heterocycles. The number of aliphatic hydroxyl groups is 1. The molecule has 1 aliphatic carbocycles. The van der Waals surface area contributed by atoms with E-state index in [-0.39, 0.29) is 12.1 Å². The van der Waals surface area contributed by atoms with Crippen molar-refractivity contribution < 1.29 is 5.11 Å². The summed E-state index contributed by atoms with van der Waals surface area (Å²) in [5.74, 6) is 0. The van der Waals surface area contributed by atoms with E-state index in [0.717, 1.165) is 18.4 Å². The Morgan fingerprint density at radius 3 is 2.87 bits per heavy atom. The number of aromatic nitrogens is 1. The first-order chi connectivity index (χ1) is 7.26. The number of halogens is 1. The maximum absolute atomic E-state index is 9.28. The van der Waals surface area contributed by atoms with Gasteiger partial charge in [-0.15, -0.1) is 0 Å². The Balaban J connectivity index is 1.95. The Labute approximate surface area is 94.5 Å². The molecule has 0 aromatic carbocycles. The lowest BCUT2D eigenvalue weighted by Crippen LogP contribution is -2.53. The Hall–Kier alpha value is -0.640. The first kappa shape index (κ1) is 10.9. The highest BCUT2D eigenvalue weighted by Crippen LogP contribution is 2.31. The molecule has 3 nitrogen and oxygen atoms in total. The van der Waals surface area contributed by atoms with E-state index in [1.165, 1.54) is 6.42 Å². The van der Waals surface area contributed by atoms with Gasteiger partial charge in [0.25, 0.3) is 0 Å². The van der Waals surface area contributed by atoms with Crippen molar-refractivity contribution in [2.45, 2.75) is 31.3 Å². The zero-order chi connectivity index (χ0) is 10.7. The second-order valence-corrected chi connectivity index (χ2v) is 4.52. The van der Waals surface area contributed by atoms with Crippen LogP contribution >= 0.6 is 11.6 Å². The van der Waals surface area contributed by atoms with Crippen LogP contribution < -0.4 is 5.32 Å². The molecule has 0 atom stereocenters. The van der Waals surface area contributed by atoms with Crippen LogP contribution in [0.25, 0.3) is 0 Å². The van der Waals surface area contributed by atoms with Crippen LogP contribution in [-0.2, 0) is 6.54 Å². The van der Waals surface area contributed by atoms with E-state index >= 15 is 0 Å². The van der Waals surface area contributed by atoms with Gasteiger partial charge in [0.15, 0.2) is 0 Å². The average Bonchev–Trinajstić information content (AvgIpc) is 2.19. The first-order valence-corrected chi connectivity index (χ1v) is 5.58. The summed E-state index contributed by atoms with van der Waals surface area (Å²) in [5, 5.41) is 13.3. The Morgan fingerprint density at radius 1 is 1.53 bits per heavy atom. The molecular weight excluding hydrogens is 212 g/mol. The first-order valence-electron chi connectivity index (χ1n) is 5.20. The summed E-state index contributed by atoms with van der Waals surface area (Å²) in [5.41, 5.74) is 0.971. The van der Waals surface area contributed by atoms with Crippen LogP contribution in [0.2, 0.25) is 5.02 Å². The van der Waals surface area contributed by atoms with Gasteiger partial charge in [-0.3, -0.25) is 4.98 Å². The van der Waals surface area contributed by atoms with E-state index < -0.39 is 0 Å². The van der Waals surface area contributed by atoms with Crippen LogP contribution in [0.1, 0.15) is 24.8 Å². The van der Waals surface area contributed by atoms with Crippen molar-refractivity contribution in [3.05, 3.63) is 29.0 Å². The standard InChI is InChI=1S/C11H15ClN2O/c12-10-7-13-5-2-9(10)6-14-11(8-15)3-1-4-11/h2,5,7,14-15H,1,3-4,6,8H2. The van der Waals surface area contributed by atoms with Gasteiger partial charge in [0, 0.05) is 24.5 Å². The van der Waals surface area contributed by atoms with Crippen molar-refractivity contribution in [2.24, 2.45) is 0 Å². The van der Waals surface area contributed by atoms with Crippen molar-refractivity contribution in [3.8, 4) is 0 Å². The van der Waals surface area contributed by atoms with Gasteiger partial charge >= 0.3 is 0 Å². The van der Waals surface area contributed by atoms with Gasteiger partial charge in [-0.2, -0.15) is 0 Å². The zero-order valence-corrected chi connectivity index (χ0v) is 9.30. The molecule has 2 rings (SSSR count). The zero-order valence-electron chi connectivity index (χ0n) is 8.54. The summed E-state index contributed by atoms with van der Waals surface area (Å²) in [6.07, 6.45) is 6.66. The highest BCUT2D eigenvalue weighted by Gasteiger charge is 2.35. The second-order valence-electron chi connectivity index (χ2n) is 4.11. The minimum absolute atomic E-state index is 0.0629. The van der Waals surface area contributed by atoms with E-state index in [2.05, 4.69) is 10.3 Å². The van der Waals surface area contributed by atoms with Crippen LogP contribution in [0.4, 0.5) is 0 Å². The third-order valence-corrected chi connectivity index (χ3v) is 3.46. The van der Waals surface area contributed by atoms with Crippen molar-refractivity contribution >= 4 is 11.6 Å². The molecule has 1 aliphatic rings. The molecule has 1 aromatic rings. The molecule has 1 saturated carbocycles. The summed E-state index contributed by atoms with van der Waals surface area (Å²) in [4.78, 5) is 3.93. The number of nitrogens with zero attached hydrogens (tertiary/aromatic N) is 1. The summed E-state index contributed by atoms with van der Waals surface area (Å²) >= 11 is 5.99. The number of rotatable bonds is 4. The van der Waals surface area contributed by atoms with Gasteiger partial charge < -0.3 is 10.4 Å². The fourth-order valence-electron chi connectivity index (χ4n) is 1.82. The smallest absolute Gasteiger partial charge is 0.0634 e. The fourth-order valence-corrected chi connectivity index (χ4v) is 2.01. The topological polar surface area (TPSA) is 45.1 Å². The third-order valence-electron chi connectivity index (χ3n) is 3.12. The Morgan fingerprint density at radius 2 is 2.33 bits per heavy atom. The molecule has 82 valence electrons. The quantitative estimate of drug-likeness (QED) is 0.822. The summed E-state index contributed by atoms with van der Waals surface area (Å²) in [6, 6.07) is 1.90. The molecule has 0 unspecified atom stereocenters. The van der Waals surface area contributed by atoms with E-state index in [4.69, 9.17) is 11.6 Å². The number of aliphatic hydroxyl groups excluding tert-OH is 1. The van der Waals surface area contributed by atoms with Gasteiger partial charge in [-0.1, -0.05) is 11.6 Å². The van der Waals surface area contributed by atoms with Crippen LogP contribution in [0.15, 0.2) is 18.5 Å². The molecular formula is C11H15ClN2O. The number of hydrogen-bond donors (Lipinski definition) is 2. The lowest BCUT2D eigenvalue weighted by atomic mass is 9.77. The SMILES string of the molecule is OCC1(NCc2ccncc2Cl)CCC1. The lowest BCUT2D eigenvalue weighted by Gasteiger charge is -2.41. The predicted octanol–water partition coefficient (Wildman–Crippen LogP) is 1.74. The van der Waals surface area contributed by atoms with Gasteiger partial charge in [0.2, 0.25) is 0 Å². The maximum atomic E-state index is 9.28. The number of hydrogen-bond acceptors (Lipinski definition) is 3. The third kappa shape index (κ3) is 2.30. The highest BCUT2D eigenvalue weighted by molar-refractivity contribution is 6.31. The van der Waals surface area contributed by atoms with Crippen molar-refractivity contribution in [1.82, 2.24) is 10.3 Å². The normalized spacial score (nSPS) is 18.5. The molecule has 0 aliphatic heterocycles. The van der Waals surface area contributed by atoms with Crippen molar-refractivity contribution in [3.63, 3.8) is 0 Å². The Bertz CT molecular complexity index is 334.